The lowest BCUT2D eigenvalue weighted by Gasteiger charge is -1.96. The minimum absolute atomic E-state index is 0.303. The molecule has 18 heavy (non-hydrogen) atoms. The molecule has 0 aliphatic heterocycles. The van der Waals surface area contributed by atoms with Crippen molar-refractivity contribution in [2.24, 2.45) is 0 Å². The highest BCUT2D eigenvalue weighted by Crippen LogP contribution is 2.24. The van der Waals surface area contributed by atoms with Crippen LogP contribution in [0.2, 0.25) is 0 Å². The Bertz CT molecular complexity index is 633. The van der Waals surface area contributed by atoms with Gasteiger partial charge in [0.1, 0.15) is 0 Å². The Labute approximate surface area is 106 Å². The number of hydrogen-bond acceptors (Lipinski definition) is 7. The SMILES string of the molecule is COc1ncc(-c2nc(-c3cccs3)no2)cn1. The molecule has 7 heteroatoms. The Hall–Kier alpha value is -2.28. The molecule has 0 saturated carbocycles. The van der Waals surface area contributed by atoms with Gasteiger partial charge in [0.05, 0.1) is 17.6 Å². The van der Waals surface area contributed by atoms with Gasteiger partial charge in [-0.3, -0.25) is 0 Å². The zero-order valence-corrected chi connectivity index (χ0v) is 10.2. The predicted molar refractivity (Wildman–Crippen MR) is 65.2 cm³/mol. The van der Waals surface area contributed by atoms with Gasteiger partial charge in [-0.2, -0.15) is 4.98 Å². The second kappa shape index (κ2) is 4.53. The van der Waals surface area contributed by atoms with Gasteiger partial charge < -0.3 is 9.26 Å². The summed E-state index contributed by atoms with van der Waals surface area (Å²) in [4.78, 5) is 13.2. The number of rotatable bonds is 3. The maximum atomic E-state index is 5.17. The van der Waals surface area contributed by atoms with E-state index in [4.69, 9.17) is 9.26 Å². The quantitative estimate of drug-likeness (QED) is 0.719. The van der Waals surface area contributed by atoms with Gasteiger partial charge in [0, 0.05) is 12.4 Å². The van der Waals surface area contributed by atoms with Crippen LogP contribution in [0.5, 0.6) is 6.01 Å². The molecule has 3 rings (SSSR count). The largest absolute Gasteiger partial charge is 0.467 e. The lowest BCUT2D eigenvalue weighted by Crippen LogP contribution is -1.91. The van der Waals surface area contributed by atoms with Crippen molar-refractivity contribution in [2.45, 2.75) is 0 Å². The molecule has 0 spiro atoms. The zero-order chi connectivity index (χ0) is 12.4. The molecule has 0 amide bonds. The predicted octanol–water partition coefficient (Wildman–Crippen LogP) is 2.26. The van der Waals surface area contributed by atoms with Gasteiger partial charge >= 0.3 is 6.01 Å². The molecule has 0 aromatic carbocycles. The van der Waals surface area contributed by atoms with Crippen LogP contribution in [0.25, 0.3) is 22.2 Å². The summed E-state index contributed by atoms with van der Waals surface area (Å²) >= 11 is 1.55. The van der Waals surface area contributed by atoms with Gasteiger partial charge in [-0.1, -0.05) is 11.2 Å². The molecule has 0 saturated heterocycles. The maximum Gasteiger partial charge on any atom is 0.316 e. The Kier molecular flexibility index (Phi) is 2.73. The van der Waals surface area contributed by atoms with E-state index in [9.17, 15) is 0 Å². The van der Waals surface area contributed by atoms with Gasteiger partial charge in [0.25, 0.3) is 5.89 Å². The van der Waals surface area contributed by atoms with E-state index in [1.54, 1.807) is 23.7 Å². The van der Waals surface area contributed by atoms with Crippen LogP contribution < -0.4 is 4.74 Å². The lowest BCUT2D eigenvalue weighted by molar-refractivity contribution is 0.379. The van der Waals surface area contributed by atoms with Crippen LogP contribution in [-0.2, 0) is 0 Å². The van der Waals surface area contributed by atoms with Crippen molar-refractivity contribution in [2.75, 3.05) is 7.11 Å². The Balaban J connectivity index is 1.92. The van der Waals surface area contributed by atoms with Crippen molar-refractivity contribution in [3.63, 3.8) is 0 Å². The third-order valence-electron chi connectivity index (χ3n) is 2.23. The van der Waals surface area contributed by atoms with Crippen molar-refractivity contribution >= 4 is 11.3 Å². The van der Waals surface area contributed by atoms with Crippen molar-refractivity contribution < 1.29 is 9.26 Å². The number of hydrogen-bond donors (Lipinski definition) is 0. The highest BCUT2D eigenvalue weighted by molar-refractivity contribution is 7.13. The summed E-state index contributed by atoms with van der Waals surface area (Å²) in [6, 6.07) is 4.17. The topological polar surface area (TPSA) is 73.9 Å². The summed E-state index contributed by atoms with van der Waals surface area (Å²) in [6.07, 6.45) is 3.16. The summed E-state index contributed by atoms with van der Waals surface area (Å²) in [5.41, 5.74) is 0.658. The Morgan fingerprint density at radius 3 is 2.78 bits per heavy atom. The van der Waals surface area contributed by atoms with Crippen LogP contribution in [0.15, 0.2) is 34.4 Å². The molecule has 3 heterocycles. The highest BCUT2D eigenvalue weighted by atomic mass is 32.1. The van der Waals surface area contributed by atoms with E-state index >= 15 is 0 Å². The molecular weight excluding hydrogens is 252 g/mol. The lowest BCUT2D eigenvalue weighted by atomic mass is 10.3. The first kappa shape index (κ1) is 10.8. The maximum absolute atomic E-state index is 5.17. The number of thiophene rings is 1. The molecule has 90 valence electrons. The van der Waals surface area contributed by atoms with Crippen molar-refractivity contribution in [3.8, 4) is 28.2 Å². The third-order valence-corrected chi connectivity index (χ3v) is 3.09. The van der Waals surface area contributed by atoms with Crippen LogP contribution in [0.4, 0.5) is 0 Å². The standard InChI is InChI=1S/C11H8N4O2S/c1-16-11-12-5-7(6-13-11)10-14-9(15-17-10)8-3-2-4-18-8/h2-6H,1H3. The van der Waals surface area contributed by atoms with Crippen LogP contribution in [-0.4, -0.2) is 27.2 Å². The van der Waals surface area contributed by atoms with Crippen LogP contribution >= 0.6 is 11.3 Å². The minimum atomic E-state index is 0.303. The number of nitrogens with zero attached hydrogens (tertiary/aromatic N) is 4. The normalized spacial score (nSPS) is 10.5. The fraction of sp³-hybridized carbons (Fsp3) is 0.0909. The smallest absolute Gasteiger partial charge is 0.316 e. The molecule has 0 fully saturated rings. The molecule has 0 aliphatic carbocycles. The number of aromatic nitrogens is 4. The molecule has 0 bridgehead atoms. The first-order valence-electron chi connectivity index (χ1n) is 5.11. The summed E-state index contributed by atoms with van der Waals surface area (Å²) in [7, 11) is 1.51. The van der Waals surface area contributed by atoms with E-state index in [-0.39, 0.29) is 0 Å². The molecule has 3 aromatic heterocycles. The fourth-order valence-electron chi connectivity index (χ4n) is 1.38. The Morgan fingerprint density at radius 2 is 2.11 bits per heavy atom. The monoisotopic (exact) mass is 260 g/mol. The van der Waals surface area contributed by atoms with Crippen LogP contribution in [0.3, 0.4) is 0 Å². The average molecular weight is 260 g/mol. The van der Waals surface area contributed by atoms with E-state index in [0.717, 1.165) is 4.88 Å². The molecule has 0 N–H and O–H groups in total. The van der Waals surface area contributed by atoms with Gasteiger partial charge in [-0.05, 0) is 11.4 Å². The van der Waals surface area contributed by atoms with Crippen molar-refractivity contribution in [3.05, 3.63) is 29.9 Å². The molecular formula is C11H8N4O2S. The highest BCUT2D eigenvalue weighted by Gasteiger charge is 2.12. The molecule has 0 radical (unpaired) electrons. The van der Waals surface area contributed by atoms with Gasteiger partial charge in [-0.15, -0.1) is 11.3 Å². The summed E-state index contributed by atoms with van der Waals surface area (Å²) in [5.74, 6) is 0.955. The van der Waals surface area contributed by atoms with Crippen molar-refractivity contribution in [1.29, 1.82) is 0 Å². The van der Waals surface area contributed by atoms with Gasteiger partial charge in [-0.25, -0.2) is 9.97 Å². The van der Waals surface area contributed by atoms with Crippen LogP contribution in [0.1, 0.15) is 0 Å². The third kappa shape index (κ3) is 1.95. The summed E-state index contributed by atoms with van der Waals surface area (Å²) < 4.78 is 10.1. The van der Waals surface area contributed by atoms with E-state index < -0.39 is 0 Å². The fourth-order valence-corrected chi connectivity index (χ4v) is 2.03. The molecule has 0 unspecified atom stereocenters. The molecule has 3 aromatic rings. The van der Waals surface area contributed by atoms with E-state index in [1.807, 2.05) is 17.5 Å². The Morgan fingerprint density at radius 1 is 1.28 bits per heavy atom. The second-order valence-electron chi connectivity index (χ2n) is 3.36. The average Bonchev–Trinajstić information content (AvgIpc) is 3.09. The second-order valence-corrected chi connectivity index (χ2v) is 4.31. The van der Waals surface area contributed by atoms with E-state index in [0.29, 0.717) is 23.3 Å². The number of ether oxygens (including phenoxy) is 1. The van der Waals surface area contributed by atoms with Crippen molar-refractivity contribution in [1.82, 2.24) is 20.1 Å². The van der Waals surface area contributed by atoms with E-state index in [2.05, 4.69) is 20.1 Å². The summed E-state index contributed by atoms with van der Waals surface area (Å²) in [6.45, 7) is 0. The summed E-state index contributed by atoms with van der Waals surface area (Å²) in [5, 5.41) is 5.88. The van der Waals surface area contributed by atoms with Crippen LogP contribution in [0, 0.1) is 0 Å². The molecule has 0 atom stereocenters. The molecule has 0 aliphatic rings. The van der Waals surface area contributed by atoms with E-state index in [1.165, 1.54) is 7.11 Å². The number of methoxy groups -OCH3 is 1. The zero-order valence-electron chi connectivity index (χ0n) is 9.40. The van der Waals surface area contributed by atoms with Gasteiger partial charge in [0.2, 0.25) is 5.82 Å². The first-order valence-corrected chi connectivity index (χ1v) is 5.99. The minimum Gasteiger partial charge on any atom is -0.467 e. The molecule has 6 nitrogen and oxygen atoms in total. The first-order chi connectivity index (χ1) is 8.86. The van der Waals surface area contributed by atoms with Gasteiger partial charge in [0.15, 0.2) is 0 Å².